The van der Waals surface area contributed by atoms with Crippen LogP contribution in [0.5, 0.6) is 0 Å². The zero-order valence-electron chi connectivity index (χ0n) is 5.36. The standard InChI is InChI=1S/C6H4BrNO2S/c7-6-3-5(4-11-6)1-2-8(9)10/h1-4H. The van der Waals surface area contributed by atoms with Crippen molar-refractivity contribution in [2.75, 3.05) is 0 Å². The SMILES string of the molecule is O=[N+]([O-])C=Cc1csc(Br)c1. The van der Waals surface area contributed by atoms with E-state index in [1.165, 1.54) is 17.4 Å². The van der Waals surface area contributed by atoms with Gasteiger partial charge >= 0.3 is 0 Å². The van der Waals surface area contributed by atoms with Crippen molar-refractivity contribution in [3.63, 3.8) is 0 Å². The number of thiophene rings is 1. The third-order valence-corrected chi connectivity index (χ3v) is 2.50. The number of halogens is 1. The predicted octanol–water partition coefficient (Wildman–Crippen LogP) is 2.76. The summed E-state index contributed by atoms with van der Waals surface area (Å²) in [6.07, 6.45) is 2.38. The number of nitro groups is 1. The molecule has 11 heavy (non-hydrogen) atoms. The number of hydrogen-bond acceptors (Lipinski definition) is 3. The fourth-order valence-electron chi connectivity index (χ4n) is 0.558. The zero-order valence-corrected chi connectivity index (χ0v) is 7.76. The molecule has 5 heteroatoms. The molecule has 0 N–H and O–H groups in total. The monoisotopic (exact) mass is 233 g/mol. The minimum Gasteiger partial charge on any atom is -0.259 e. The maximum absolute atomic E-state index is 9.89. The smallest absolute Gasteiger partial charge is 0.235 e. The Morgan fingerprint density at radius 1 is 1.73 bits per heavy atom. The van der Waals surface area contributed by atoms with Crippen LogP contribution in [-0.2, 0) is 0 Å². The normalized spacial score (nSPS) is 10.6. The molecule has 0 spiro atoms. The van der Waals surface area contributed by atoms with E-state index < -0.39 is 4.92 Å². The first-order valence-electron chi connectivity index (χ1n) is 2.74. The van der Waals surface area contributed by atoms with Gasteiger partial charge in [0.15, 0.2) is 0 Å². The molecule has 1 rings (SSSR count). The molecule has 1 aromatic rings. The summed E-state index contributed by atoms with van der Waals surface area (Å²) in [6, 6.07) is 1.82. The Hall–Kier alpha value is -0.680. The Labute approximate surface area is 75.6 Å². The summed E-state index contributed by atoms with van der Waals surface area (Å²) >= 11 is 4.75. The lowest BCUT2D eigenvalue weighted by molar-refractivity contribution is -0.400. The molecule has 0 aliphatic rings. The van der Waals surface area contributed by atoms with E-state index >= 15 is 0 Å². The van der Waals surface area contributed by atoms with Gasteiger partial charge in [-0.2, -0.15) is 0 Å². The number of nitrogens with zero attached hydrogens (tertiary/aromatic N) is 1. The molecule has 0 aliphatic heterocycles. The maximum atomic E-state index is 9.89. The highest BCUT2D eigenvalue weighted by atomic mass is 79.9. The van der Waals surface area contributed by atoms with E-state index in [2.05, 4.69) is 15.9 Å². The second kappa shape index (κ2) is 3.64. The van der Waals surface area contributed by atoms with Crippen LogP contribution in [-0.4, -0.2) is 4.92 Å². The summed E-state index contributed by atoms with van der Waals surface area (Å²) in [5.41, 5.74) is 0.846. The van der Waals surface area contributed by atoms with Gasteiger partial charge in [-0.05, 0) is 32.9 Å². The van der Waals surface area contributed by atoms with Gasteiger partial charge in [0.1, 0.15) is 0 Å². The van der Waals surface area contributed by atoms with E-state index in [0.717, 1.165) is 15.5 Å². The van der Waals surface area contributed by atoms with Crippen molar-refractivity contribution in [1.29, 1.82) is 0 Å². The van der Waals surface area contributed by atoms with E-state index in [0.29, 0.717) is 0 Å². The topological polar surface area (TPSA) is 43.1 Å². The average molecular weight is 234 g/mol. The van der Waals surface area contributed by atoms with Crippen molar-refractivity contribution in [2.24, 2.45) is 0 Å². The van der Waals surface area contributed by atoms with Gasteiger partial charge in [-0.25, -0.2) is 0 Å². The molecule has 0 atom stereocenters. The largest absolute Gasteiger partial charge is 0.259 e. The quantitative estimate of drug-likeness (QED) is 0.583. The second-order valence-corrected chi connectivity index (χ2v) is 4.08. The van der Waals surface area contributed by atoms with Crippen LogP contribution in [0, 0.1) is 10.1 Å². The zero-order chi connectivity index (χ0) is 8.27. The molecule has 1 aromatic heterocycles. The van der Waals surface area contributed by atoms with Crippen LogP contribution in [0.2, 0.25) is 0 Å². The van der Waals surface area contributed by atoms with Crippen molar-refractivity contribution < 1.29 is 4.92 Å². The molecule has 0 saturated heterocycles. The molecule has 0 aromatic carbocycles. The molecule has 58 valence electrons. The molecule has 0 saturated carbocycles. The Kier molecular flexibility index (Phi) is 2.78. The molecule has 1 heterocycles. The molecule has 0 fully saturated rings. The fraction of sp³-hybridized carbons (Fsp3) is 0. The van der Waals surface area contributed by atoms with Crippen LogP contribution in [0.15, 0.2) is 21.4 Å². The van der Waals surface area contributed by atoms with Crippen LogP contribution in [0.25, 0.3) is 6.08 Å². The Balaban J connectivity index is 2.71. The second-order valence-electron chi connectivity index (χ2n) is 1.79. The Morgan fingerprint density at radius 3 is 2.91 bits per heavy atom. The fourth-order valence-corrected chi connectivity index (χ4v) is 1.70. The van der Waals surface area contributed by atoms with Crippen LogP contribution in [0.3, 0.4) is 0 Å². The number of rotatable bonds is 2. The molecule has 3 nitrogen and oxygen atoms in total. The van der Waals surface area contributed by atoms with Gasteiger partial charge in [-0.1, -0.05) is 0 Å². The molecule has 0 aliphatic carbocycles. The highest BCUT2D eigenvalue weighted by Gasteiger charge is 1.93. The van der Waals surface area contributed by atoms with Crippen molar-refractivity contribution in [2.45, 2.75) is 0 Å². The van der Waals surface area contributed by atoms with Crippen molar-refractivity contribution in [3.05, 3.63) is 37.1 Å². The van der Waals surface area contributed by atoms with Crippen LogP contribution >= 0.6 is 27.3 Å². The average Bonchev–Trinajstić information content (AvgIpc) is 2.31. The highest BCUT2D eigenvalue weighted by molar-refractivity contribution is 9.11. The van der Waals surface area contributed by atoms with Crippen molar-refractivity contribution in [1.82, 2.24) is 0 Å². The van der Waals surface area contributed by atoms with Crippen molar-refractivity contribution >= 4 is 33.3 Å². The first-order valence-corrected chi connectivity index (χ1v) is 4.41. The van der Waals surface area contributed by atoms with E-state index in [-0.39, 0.29) is 0 Å². The van der Waals surface area contributed by atoms with Gasteiger partial charge in [0, 0.05) is 6.08 Å². The minimum atomic E-state index is -0.481. The van der Waals surface area contributed by atoms with Crippen LogP contribution in [0.1, 0.15) is 5.56 Å². The lowest BCUT2D eigenvalue weighted by Crippen LogP contribution is -1.80. The number of hydrogen-bond donors (Lipinski definition) is 0. The Bertz CT molecular complexity index is 295. The molecule has 0 bridgehead atoms. The summed E-state index contributed by atoms with van der Waals surface area (Å²) in [5, 5.41) is 11.7. The first kappa shape index (κ1) is 8.42. The predicted molar refractivity (Wildman–Crippen MR) is 48.0 cm³/mol. The maximum Gasteiger partial charge on any atom is 0.235 e. The van der Waals surface area contributed by atoms with E-state index in [1.807, 2.05) is 11.4 Å². The van der Waals surface area contributed by atoms with Crippen molar-refractivity contribution in [3.8, 4) is 0 Å². The highest BCUT2D eigenvalue weighted by Crippen LogP contribution is 2.21. The van der Waals surface area contributed by atoms with Gasteiger partial charge in [0.05, 0.1) is 8.71 Å². The summed E-state index contributed by atoms with van der Waals surface area (Å²) in [4.78, 5) is 9.41. The third kappa shape index (κ3) is 2.81. The first-order chi connectivity index (χ1) is 5.18. The summed E-state index contributed by atoms with van der Waals surface area (Å²) in [7, 11) is 0. The third-order valence-electron chi connectivity index (χ3n) is 0.976. The summed E-state index contributed by atoms with van der Waals surface area (Å²) < 4.78 is 0.973. The van der Waals surface area contributed by atoms with Gasteiger partial charge < -0.3 is 0 Å². The minimum absolute atomic E-state index is 0.481. The lowest BCUT2D eigenvalue weighted by atomic mass is 10.3. The molecule has 0 amide bonds. The molecular formula is C6H4BrNO2S. The van der Waals surface area contributed by atoms with E-state index in [4.69, 9.17) is 0 Å². The van der Waals surface area contributed by atoms with Gasteiger partial charge in [0.2, 0.25) is 6.20 Å². The summed E-state index contributed by atoms with van der Waals surface area (Å²) in [5.74, 6) is 0. The van der Waals surface area contributed by atoms with Gasteiger partial charge in [-0.3, -0.25) is 10.1 Å². The summed E-state index contributed by atoms with van der Waals surface area (Å²) in [6.45, 7) is 0. The molecule has 0 radical (unpaired) electrons. The molecular weight excluding hydrogens is 230 g/mol. The Morgan fingerprint density at radius 2 is 2.45 bits per heavy atom. The van der Waals surface area contributed by atoms with Gasteiger partial charge in [0.25, 0.3) is 0 Å². The van der Waals surface area contributed by atoms with Crippen LogP contribution in [0.4, 0.5) is 0 Å². The van der Waals surface area contributed by atoms with Gasteiger partial charge in [-0.15, -0.1) is 11.3 Å². The van der Waals surface area contributed by atoms with E-state index in [1.54, 1.807) is 0 Å². The van der Waals surface area contributed by atoms with E-state index in [9.17, 15) is 10.1 Å². The molecule has 0 unspecified atom stereocenters. The lowest BCUT2D eigenvalue weighted by Gasteiger charge is -1.77. The van der Waals surface area contributed by atoms with Crippen LogP contribution < -0.4 is 0 Å².